The van der Waals surface area contributed by atoms with Gasteiger partial charge in [0, 0.05) is 19.1 Å². The molecule has 3 atom stereocenters. The van der Waals surface area contributed by atoms with Gasteiger partial charge < -0.3 is 15.2 Å². The van der Waals surface area contributed by atoms with E-state index in [1.54, 1.807) is 0 Å². The summed E-state index contributed by atoms with van der Waals surface area (Å²) < 4.78 is 4.62. The molecule has 0 saturated carbocycles. The second-order valence-corrected chi connectivity index (χ2v) is 5.83. The fourth-order valence-corrected chi connectivity index (χ4v) is 2.65. The van der Waals surface area contributed by atoms with E-state index >= 15 is 0 Å². The van der Waals surface area contributed by atoms with Gasteiger partial charge in [0.2, 0.25) is 0 Å². The van der Waals surface area contributed by atoms with Crippen LogP contribution in [0.2, 0.25) is 0 Å². The monoisotopic (exact) mass is 283 g/mol. The van der Waals surface area contributed by atoms with Crippen LogP contribution in [0.4, 0.5) is 4.79 Å². The molecule has 1 amide bonds. The van der Waals surface area contributed by atoms with Crippen LogP contribution in [-0.2, 0) is 4.74 Å². The number of methoxy groups -OCH3 is 1. The Morgan fingerprint density at radius 2 is 2.25 bits per heavy atom. The number of hydrogen-bond donors (Lipinski definition) is 2. The zero-order valence-electron chi connectivity index (χ0n) is 12.5. The third-order valence-corrected chi connectivity index (χ3v) is 3.76. The summed E-state index contributed by atoms with van der Waals surface area (Å²) in [6.07, 6.45) is 0.706. The topological polar surface area (TPSA) is 85.6 Å². The molecule has 2 N–H and O–H groups in total. The Hall–Kier alpha value is -1.32. The Morgan fingerprint density at radius 1 is 1.55 bits per heavy atom. The van der Waals surface area contributed by atoms with Crippen LogP contribution in [-0.4, -0.2) is 55.0 Å². The first-order valence-electron chi connectivity index (χ1n) is 7.08. The van der Waals surface area contributed by atoms with Crippen LogP contribution in [0, 0.1) is 23.2 Å². The number of aliphatic hydroxyl groups is 1. The van der Waals surface area contributed by atoms with Gasteiger partial charge >= 0.3 is 6.09 Å². The van der Waals surface area contributed by atoms with E-state index < -0.39 is 6.09 Å². The molecule has 0 aliphatic carbocycles. The van der Waals surface area contributed by atoms with Crippen LogP contribution < -0.4 is 5.32 Å². The zero-order chi connectivity index (χ0) is 15.1. The number of nitriles is 1. The number of likely N-dealkylation sites (tertiary alicyclic amines) is 1. The molecule has 1 fully saturated rings. The van der Waals surface area contributed by atoms with E-state index in [2.05, 4.69) is 16.1 Å². The highest BCUT2D eigenvalue weighted by Crippen LogP contribution is 2.23. The van der Waals surface area contributed by atoms with Crippen molar-refractivity contribution in [1.29, 1.82) is 5.26 Å². The highest BCUT2D eigenvalue weighted by atomic mass is 16.5. The number of carbonyl (C=O) groups excluding carboxylic acids is 1. The molecule has 6 heteroatoms. The van der Waals surface area contributed by atoms with Crippen molar-refractivity contribution < 1.29 is 14.6 Å². The molecule has 0 bridgehead atoms. The van der Waals surface area contributed by atoms with Crippen molar-refractivity contribution in [2.24, 2.45) is 11.8 Å². The van der Waals surface area contributed by atoms with Crippen LogP contribution in [0.1, 0.15) is 26.7 Å². The molecule has 1 saturated heterocycles. The lowest BCUT2D eigenvalue weighted by molar-refractivity contribution is 0.0646. The minimum absolute atomic E-state index is 0.0334. The van der Waals surface area contributed by atoms with Crippen molar-refractivity contribution >= 4 is 6.09 Å². The molecule has 1 heterocycles. The molecule has 3 unspecified atom stereocenters. The molecule has 0 aromatic rings. The van der Waals surface area contributed by atoms with E-state index in [0.29, 0.717) is 19.5 Å². The molecule has 0 radical (unpaired) electrons. The van der Waals surface area contributed by atoms with Crippen molar-refractivity contribution in [2.45, 2.75) is 38.8 Å². The smallest absolute Gasteiger partial charge is 0.407 e. The lowest BCUT2D eigenvalue weighted by atomic mass is 9.87. The summed E-state index contributed by atoms with van der Waals surface area (Å²) >= 11 is 0. The maximum atomic E-state index is 11.3. The van der Waals surface area contributed by atoms with Gasteiger partial charge in [0.15, 0.2) is 0 Å². The zero-order valence-corrected chi connectivity index (χ0v) is 12.5. The minimum Gasteiger partial charge on any atom is -0.453 e. The number of ether oxygens (including phenoxy) is 1. The predicted octanol–water partition coefficient (Wildman–Crippen LogP) is 0.963. The third-order valence-electron chi connectivity index (χ3n) is 3.76. The number of alkyl carbamates (subject to hydrolysis) is 1. The molecular formula is C14H25N3O3. The summed E-state index contributed by atoms with van der Waals surface area (Å²) in [7, 11) is 1.34. The van der Waals surface area contributed by atoms with Crippen LogP contribution >= 0.6 is 0 Å². The first-order chi connectivity index (χ1) is 9.46. The third kappa shape index (κ3) is 5.35. The Kier molecular flexibility index (Phi) is 6.76. The van der Waals surface area contributed by atoms with Crippen LogP contribution in [0.15, 0.2) is 0 Å². The number of carbonyl (C=O) groups is 1. The maximum Gasteiger partial charge on any atom is 0.407 e. The summed E-state index contributed by atoms with van der Waals surface area (Å²) in [4.78, 5) is 13.3. The Balaban J connectivity index is 2.60. The molecule has 1 aliphatic heterocycles. The SMILES string of the molecule is COC(=O)NC1CC(CC(O)C(C)C)CN(CC#N)C1. The van der Waals surface area contributed by atoms with E-state index in [9.17, 15) is 9.90 Å². The number of amides is 1. The fourth-order valence-electron chi connectivity index (χ4n) is 2.65. The molecule has 20 heavy (non-hydrogen) atoms. The first kappa shape index (κ1) is 16.7. The standard InChI is InChI=1S/C14H25N3O3/c1-10(2)13(18)7-11-6-12(16-14(19)20-3)9-17(8-11)5-4-15/h10-13,18H,5-9H2,1-3H3,(H,16,19). The van der Waals surface area contributed by atoms with E-state index in [-0.39, 0.29) is 24.0 Å². The quantitative estimate of drug-likeness (QED) is 0.734. The van der Waals surface area contributed by atoms with E-state index in [4.69, 9.17) is 5.26 Å². The Morgan fingerprint density at radius 3 is 2.80 bits per heavy atom. The van der Waals surface area contributed by atoms with Gasteiger partial charge in [0.1, 0.15) is 0 Å². The van der Waals surface area contributed by atoms with E-state index in [0.717, 1.165) is 13.0 Å². The number of piperidine rings is 1. The number of hydrogen-bond acceptors (Lipinski definition) is 5. The van der Waals surface area contributed by atoms with Crippen molar-refractivity contribution in [3.63, 3.8) is 0 Å². The molecule has 6 nitrogen and oxygen atoms in total. The Bertz CT molecular complexity index is 354. The number of nitrogens with one attached hydrogen (secondary N) is 1. The van der Waals surface area contributed by atoms with Gasteiger partial charge in [0.25, 0.3) is 0 Å². The normalized spacial score (nSPS) is 25.0. The van der Waals surface area contributed by atoms with Gasteiger partial charge in [-0.25, -0.2) is 4.79 Å². The van der Waals surface area contributed by atoms with Crippen molar-refractivity contribution in [2.75, 3.05) is 26.7 Å². The summed E-state index contributed by atoms with van der Waals surface area (Å²) in [5, 5.41) is 21.6. The van der Waals surface area contributed by atoms with Crippen molar-refractivity contribution in [3.8, 4) is 6.07 Å². The van der Waals surface area contributed by atoms with Gasteiger partial charge in [-0.1, -0.05) is 13.8 Å². The highest BCUT2D eigenvalue weighted by molar-refractivity contribution is 5.67. The number of rotatable bonds is 5. The summed E-state index contributed by atoms with van der Waals surface area (Å²) in [6, 6.07) is 2.11. The average molecular weight is 283 g/mol. The summed E-state index contributed by atoms with van der Waals surface area (Å²) in [5.74, 6) is 0.491. The molecule has 0 aromatic carbocycles. The van der Waals surface area contributed by atoms with Gasteiger partial charge in [-0.2, -0.15) is 5.26 Å². The predicted molar refractivity (Wildman–Crippen MR) is 75.0 cm³/mol. The minimum atomic E-state index is -0.447. The van der Waals surface area contributed by atoms with Crippen LogP contribution in [0.3, 0.4) is 0 Å². The molecule has 0 aromatic heterocycles. The van der Waals surface area contributed by atoms with Crippen LogP contribution in [0.5, 0.6) is 0 Å². The molecule has 1 rings (SSSR count). The highest BCUT2D eigenvalue weighted by Gasteiger charge is 2.30. The average Bonchev–Trinajstić information content (AvgIpc) is 2.38. The van der Waals surface area contributed by atoms with Crippen molar-refractivity contribution in [3.05, 3.63) is 0 Å². The largest absolute Gasteiger partial charge is 0.453 e. The molecular weight excluding hydrogens is 258 g/mol. The van der Waals surface area contributed by atoms with Gasteiger partial charge in [-0.3, -0.25) is 4.90 Å². The summed E-state index contributed by atoms with van der Waals surface area (Å²) in [6.45, 7) is 5.76. The van der Waals surface area contributed by atoms with Gasteiger partial charge in [-0.05, 0) is 24.7 Å². The maximum absolute atomic E-state index is 11.3. The number of nitrogens with zero attached hydrogens (tertiary/aromatic N) is 2. The van der Waals surface area contributed by atoms with E-state index in [1.807, 2.05) is 18.7 Å². The first-order valence-corrected chi connectivity index (χ1v) is 7.08. The molecule has 114 valence electrons. The second-order valence-electron chi connectivity index (χ2n) is 5.83. The number of aliphatic hydroxyl groups excluding tert-OH is 1. The van der Waals surface area contributed by atoms with E-state index in [1.165, 1.54) is 7.11 Å². The lowest BCUT2D eigenvalue weighted by Crippen LogP contribution is -2.51. The second kappa shape index (κ2) is 8.08. The molecule has 1 aliphatic rings. The van der Waals surface area contributed by atoms with Gasteiger partial charge in [-0.15, -0.1) is 0 Å². The van der Waals surface area contributed by atoms with Gasteiger partial charge in [0.05, 0.1) is 25.8 Å². The van der Waals surface area contributed by atoms with Crippen LogP contribution in [0.25, 0.3) is 0 Å². The lowest BCUT2D eigenvalue weighted by Gasteiger charge is -2.37. The Labute approximate surface area is 120 Å². The molecule has 0 spiro atoms. The summed E-state index contributed by atoms with van der Waals surface area (Å²) in [5.41, 5.74) is 0. The van der Waals surface area contributed by atoms with Crippen molar-refractivity contribution in [1.82, 2.24) is 10.2 Å². The fraction of sp³-hybridized carbons (Fsp3) is 0.857.